The van der Waals surface area contributed by atoms with Crippen LogP contribution in [0.5, 0.6) is 0 Å². The second-order valence-electron chi connectivity index (χ2n) is 4.31. The van der Waals surface area contributed by atoms with Gasteiger partial charge in [0.05, 0.1) is 13.2 Å². The van der Waals surface area contributed by atoms with Gasteiger partial charge in [-0.1, -0.05) is 0 Å². The summed E-state index contributed by atoms with van der Waals surface area (Å²) >= 11 is 0. The molecule has 0 atom stereocenters. The number of ether oxygens (including phenoxy) is 3. The maximum Gasteiger partial charge on any atom is 0.508 e. The molecule has 0 rings (SSSR count). The Balaban J connectivity index is 3.46. The van der Waals surface area contributed by atoms with Gasteiger partial charge in [0.25, 0.3) is 0 Å². The fourth-order valence-electron chi connectivity index (χ4n) is 0.892. The highest BCUT2D eigenvalue weighted by atomic mass is 16.7. The van der Waals surface area contributed by atoms with E-state index in [-0.39, 0.29) is 13.2 Å². The highest BCUT2D eigenvalue weighted by Gasteiger charge is 2.15. The van der Waals surface area contributed by atoms with Gasteiger partial charge in [0.2, 0.25) is 0 Å². The first-order valence-corrected chi connectivity index (χ1v) is 5.61. The maximum atomic E-state index is 11.2. The Kier molecular flexibility index (Phi) is 7.09. The third kappa shape index (κ3) is 10.8. The normalized spacial score (nSPS) is 10.6. The van der Waals surface area contributed by atoms with E-state index in [0.29, 0.717) is 13.0 Å². The second kappa shape index (κ2) is 7.76. The van der Waals surface area contributed by atoms with Gasteiger partial charge in [-0.2, -0.15) is 0 Å². The van der Waals surface area contributed by atoms with Crippen molar-refractivity contribution in [1.82, 2.24) is 5.32 Å². The van der Waals surface area contributed by atoms with Gasteiger partial charge < -0.3 is 19.5 Å². The highest BCUT2D eigenvalue weighted by molar-refractivity contribution is 5.67. The Morgan fingerprint density at radius 3 is 2.35 bits per heavy atom. The van der Waals surface area contributed by atoms with Crippen LogP contribution in [0.15, 0.2) is 0 Å². The van der Waals surface area contributed by atoms with E-state index in [0.717, 1.165) is 0 Å². The molecule has 1 N–H and O–H groups in total. The molecule has 6 nitrogen and oxygen atoms in total. The molecule has 0 aromatic heterocycles. The van der Waals surface area contributed by atoms with Crippen LogP contribution in [-0.2, 0) is 14.2 Å². The lowest BCUT2D eigenvalue weighted by Crippen LogP contribution is -2.33. The van der Waals surface area contributed by atoms with Crippen molar-refractivity contribution in [2.24, 2.45) is 0 Å². The van der Waals surface area contributed by atoms with Gasteiger partial charge in [0.15, 0.2) is 0 Å². The van der Waals surface area contributed by atoms with Crippen LogP contribution < -0.4 is 5.32 Å². The predicted octanol–water partition coefficient (Wildman–Crippen LogP) is 2.07. The van der Waals surface area contributed by atoms with Crippen molar-refractivity contribution in [2.75, 3.05) is 19.8 Å². The molecule has 6 heteroatoms. The van der Waals surface area contributed by atoms with E-state index in [4.69, 9.17) is 9.47 Å². The van der Waals surface area contributed by atoms with Crippen molar-refractivity contribution in [2.45, 2.75) is 39.7 Å². The summed E-state index contributed by atoms with van der Waals surface area (Å²) in [5.41, 5.74) is -0.508. The summed E-state index contributed by atoms with van der Waals surface area (Å²) in [4.78, 5) is 22.0. The molecule has 0 saturated heterocycles. The lowest BCUT2D eigenvalue weighted by atomic mass is 10.2. The number of amides is 1. The van der Waals surface area contributed by atoms with Gasteiger partial charge in [0, 0.05) is 6.54 Å². The molecule has 0 aromatic rings. The monoisotopic (exact) mass is 247 g/mol. The minimum atomic E-state index is -0.690. The van der Waals surface area contributed by atoms with E-state index in [1.807, 2.05) is 0 Å². The first kappa shape index (κ1) is 15.5. The zero-order valence-corrected chi connectivity index (χ0v) is 10.9. The van der Waals surface area contributed by atoms with Gasteiger partial charge in [-0.05, 0) is 34.1 Å². The number of carbonyl (C=O) groups is 2. The topological polar surface area (TPSA) is 73.9 Å². The van der Waals surface area contributed by atoms with Gasteiger partial charge in [0.1, 0.15) is 5.60 Å². The Morgan fingerprint density at radius 1 is 1.18 bits per heavy atom. The highest BCUT2D eigenvalue weighted by Crippen LogP contribution is 2.06. The van der Waals surface area contributed by atoms with Crippen molar-refractivity contribution in [1.29, 1.82) is 0 Å². The number of rotatable bonds is 5. The molecule has 17 heavy (non-hydrogen) atoms. The summed E-state index contributed by atoms with van der Waals surface area (Å²) in [7, 11) is 0. The van der Waals surface area contributed by atoms with E-state index in [9.17, 15) is 9.59 Å². The molecule has 0 aliphatic rings. The summed E-state index contributed by atoms with van der Waals surface area (Å²) < 4.78 is 14.3. The number of nitrogens with one attached hydrogen (secondary N) is 1. The summed E-state index contributed by atoms with van der Waals surface area (Å²) in [6, 6.07) is 0. The predicted molar refractivity (Wildman–Crippen MR) is 61.8 cm³/mol. The fraction of sp³-hybridized carbons (Fsp3) is 0.818. The van der Waals surface area contributed by atoms with Crippen molar-refractivity contribution < 1.29 is 23.8 Å². The summed E-state index contributed by atoms with van der Waals surface area (Å²) in [6.45, 7) is 7.94. The molecule has 0 unspecified atom stereocenters. The zero-order valence-electron chi connectivity index (χ0n) is 10.9. The smallest absolute Gasteiger partial charge is 0.444 e. The van der Waals surface area contributed by atoms with Crippen LogP contribution in [0.25, 0.3) is 0 Å². The van der Waals surface area contributed by atoms with Crippen molar-refractivity contribution >= 4 is 12.2 Å². The quantitative estimate of drug-likeness (QED) is 0.594. The molecule has 0 bridgehead atoms. The Hall–Kier alpha value is -1.46. The van der Waals surface area contributed by atoms with Crippen LogP contribution in [0.3, 0.4) is 0 Å². The second-order valence-corrected chi connectivity index (χ2v) is 4.31. The van der Waals surface area contributed by atoms with Crippen LogP contribution >= 0.6 is 0 Å². The van der Waals surface area contributed by atoms with E-state index in [1.165, 1.54) is 0 Å². The number of hydrogen-bond acceptors (Lipinski definition) is 5. The summed E-state index contributed by atoms with van der Waals surface area (Å²) in [5, 5.41) is 2.55. The van der Waals surface area contributed by atoms with E-state index in [2.05, 4.69) is 10.1 Å². The molecule has 0 fully saturated rings. The minimum absolute atomic E-state index is 0.203. The number of alkyl carbamates (subject to hydrolysis) is 1. The molecule has 0 aliphatic carbocycles. The third-order valence-corrected chi connectivity index (χ3v) is 1.47. The van der Waals surface area contributed by atoms with Gasteiger partial charge in [-0.3, -0.25) is 0 Å². The molecule has 0 saturated carbocycles. The van der Waals surface area contributed by atoms with Gasteiger partial charge in [-0.25, -0.2) is 9.59 Å². The number of carbonyl (C=O) groups excluding carboxylic acids is 2. The van der Waals surface area contributed by atoms with Crippen LogP contribution in [-0.4, -0.2) is 37.6 Å². The number of hydrogen-bond donors (Lipinski definition) is 1. The molecule has 100 valence electrons. The maximum absolute atomic E-state index is 11.2. The van der Waals surface area contributed by atoms with Gasteiger partial charge in [-0.15, -0.1) is 0 Å². The Bertz CT molecular complexity index is 247. The Labute approximate surface area is 102 Å². The van der Waals surface area contributed by atoms with Crippen LogP contribution in [0, 0.1) is 0 Å². The third-order valence-electron chi connectivity index (χ3n) is 1.47. The first-order valence-electron chi connectivity index (χ1n) is 5.61. The Morgan fingerprint density at radius 2 is 1.82 bits per heavy atom. The minimum Gasteiger partial charge on any atom is -0.444 e. The molecule has 1 amide bonds. The molecule has 0 aromatic carbocycles. The standard InChI is InChI=1S/C11H21NO5/c1-5-15-10(14)16-8-6-7-12-9(13)17-11(2,3)4/h5-8H2,1-4H3,(H,12,13). The van der Waals surface area contributed by atoms with E-state index >= 15 is 0 Å². The largest absolute Gasteiger partial charge is 0.508 e. The van der Waals surface area contributed by atoms with Gasteiger partial charge >= 0.3 is 12.2 Å². The zero-order chi connectivity index (χ0) is 13.3. The average molecular weight is 247 g/mol. The molecule has 0 radical (unpaired) electrons. The summed E-state index contributed by atoms with van der Waals surface area (Å²) in [5.74, 6) is 0. The van der Waals surface area contributed by atoms with Crippen LogP contribution in [0.1, 0.15) is 34.1 Å². The van der Waals surface area contributed by atoms with Crippen LogP contribution in [0.2, 0.25) is 0 Å². The van der Waals surface area contributed by atoms with Crippen LogP contribution in [0.4, 0.5) is 9.59 Å². The fourth-order valence-corrected chi connectivity index (χ4v) is 0.892. The molecular formula is C11H21NO5. The van der Waals surface area contributed by atoms with Crippen molar-refractivity contribution in [3.8, 4) is 0 Å². The first-order chi connectivity index (χ1) is 7.85. The molecular weight excluding hydrogens is 226 g/mol. The lowest BCUT2D eigenvalue weighted by molar-refractivity contribution is 0.0506. The summed E-state index contributed by atoms with van der Waals surface area (Å²) in [6.07, 6.45) is -0.656. The van der Waals surface area contributed by atoms with Crippen molar-refractivity contribution in [3.05, 3.63) is 0 Å². The average Bonchev–Trinajstić information content (AvgIpc) is 2.14. The molecule has 0 aliphatic heterocycles. The lowest BCUT2D eigenvalue weighted by Gasteiger charge is -2.19. The molecule has 0 spiro atoms. The van der Waals surface area contributed by atoms with E-state index in [1.54, 1.807) is 27.7 Å². The van der Waals surface area contributed by atoms with Crippen molar-refractivity contribution in [3.63, 3.8) is 0 Å². The molecule has 0 heterocycles. The van der Waals surface area contributed by atoms with E-state index < -0.39 is 17.8 Å². The SMILES string of the molecule is CCOC(=O)OCCCNC(=O)OC(C)(C)C.